The Balaban J connectivity index is 3.79. The van der Waals surface area contributed by atoms with Gasteiger partial charge in [0.15, 0.2) is 0 Å². The Morgan fingerprint density at radius 1 is 1.38 bits per heavy atom. The van der Waals surface area contributed by atoms with Crippen molar-refractivity contribution >= 4 is 5.91 Å². The lowest BCUT2D eigenvalue weighted by molar-refractivity contribution is -0.122. The molecule has 0 aromatic carbocycles. The van der Waals surface area contributed by atoms with Crippen LogP contribution in [0.4, 0.5) is 0 Å². The summed E-state index contributed by atoms with van der Waals surface area (Å²) in [6, 6.07) is 0. The van der Waals surface area contributed by atoms with Gasteiger partial charge in [0.25, 0.3) is 0 Å². The second-order valence-electron chi connectivity index (χ2n) is 5.39. The number of nitrogens with two attached hydrogens (primary N) is 1. The number of hydrogen-bond acceptors (Lipinski definition) is 2. The summed E-state index contributed by atoms with van der Waals surface area (Å²) in [5.74, 6) is 0.687. The molecule has 0 aliphatic carbocycles. The third-order valence-electron chi connectivity index (χ3n) is 2.75. The first-order chi connectivity index (χ1) is 7.39. The SMILES string of the molecule is CCCCC(CC)CNC(=O)CC(C)(C)N. The monoisotopic (exact) mass is 228 g/mol. The number of amides is 1. The number of rotatable bonds is 8. The van der Waals surface area contributed by atoms with Gasteiger partial charge in [-0.25, -0.2) is 0 Å². The summed E-state index contributed by atoms with van der Waals surface area (Å²) in [6.45, 7) is 8.93. The van der Waals surface area contributed by atoms with E-state index in [4.69, 9.17) is 5.73 Å². The fraction of sp³-hybridized carbons (Fsp3) is 0.923. The predicted octanol–water partition coefficient (Wildman–Crippen LogP) is 2.45. The van der Waals surface area contributed by atoms with E-state index < -0.39 is 5.54 Å². The Morgan fingerprint density at radius 2 is 2.00 bits per heavy atom. The second-order valence-corrected chi connectivity index (χ2v) is 5.39. The third-order valence-corrected chi connectivity index (χ3v) is 2.75. The summed E-state index contributed by atoms with van der Waals surface area (Å²) in [5, 5.41) is 2.98. The van der Waals surface area contributed by atoms with Crippen molar-refractivity contribution in [2.24, 2.45) is 11.7 Å². The maximum absolute atomic E-state index is 11.6. The van der Waals surface area contributed by atoms with Crippen molar-refractivity contribution in [2.75, 3.05) is 6.54 Å². The molecule has 0 fully saturated rings. The van der Waals surface area contributed by atoms with Gasteiger partial charge in [0.1, 0.15) is 0 Å². The highest BCUT2D eigenvalue weighted by molar-refractivity contribution is 5.77. The minimum atomic E-state index is -0.408. The number of carbonyl (C=O) groups is 1. The maximum Gasteiger partial charge on any atom is 0.221 e. The van der Waals surface area contributed by atoms with E-state index in [1.807, 2.05) is 13.8 Å². The van der Waals surface area contributed by atoms with E-state index in [0.717, 1.165) is 13.0 Å². The van der Waals surface area contributed by atoms with Crippen molar-refractivity contribution in [3.05, 3.63) is 0 Å². The lowest BCUT2D eigenvalue weighted by atomic mass is 9.98. The van der Waals surface area contributed by atoms with Crippen molar-refractivity contribution in [1.82, 2.24) is 5.32 Å². The molecule has 3 nitrogen and oxygen atoms in total. The van der Waals surface area contributed by atoms with Crippen molar-refractivity contribution in [3.8, 4) is 0 Å². The zero-order valence-electron chi connectivity index (χ0n) is 11.3. The lowest BCUT2D eigenvalue weighted by Crippen LogP contribution is -2.40. The van der Waals surface area contributed by atoms with Crippen LogP contribution < -0.4 is 11.1 Å². The maximum atomic E-state index is 11.6. The molecule has 0 saturated heterocycles. The van der Waals surface area contributed by atoms with E-state index in [0.29, 0.717) is 12.3 Å². The number of hydrogen-bond donors (Lipinski definition) is 2. The Labute approximate surface area is 100 Å². The Morgan fingerprint density at radius 3 is 2.44 bits per heavy atom. The van der Waals surface area contributed by atoms with Gasteiger partial charge in [-0.2, -0.15) is 0 Å². The van der Waals surface area contributed by atoms with Crippen LogP contribution in [0.5, 0.6) is 0 Å². The molecule has 0 radical (unpaired) electrons. The van der Waals surface area contributed by atoms with Crippen LogP contribution in [0.3, 0.4) is 0 Å². The molecule has 0 rings (SSSR count). The first-order valence-corrected chi connectivity index (χ1v) is 6.44. The zero-order chi connectivity index (χ0) is 12.6. The summed E-state index contributed by atoms with van der Waals surface area (Å²) in [7, 11) is 0. The van der Waals surface area contributed by atoms with Gasteiger partial charge in [-0.1, -0.05) is 33.1 Å². The topological polar surface area (TPSA) is 55.1 Å². The number of nitrogens with one attached hydrogen (secondary N) is 1. The Kier molecular flexibility index (Phi) is 7.39. The molecule has 0 aliphatic rings. The van der Waals surface area contributed by atoms with Crippen LogP contribution in [-0.2, 0) is 4.79 Å². The lowest BCUT2D eigenvalue weighted by Gasteiger charge is -2.20. The molecule has 0 saturated carbocycles. The molecule has 0 aliphatic heterocycles. The molecule has 1 atom stereocenters. The fourth-order valence-corrected chi connectivity index (χ4v) is 1.68. The molecule has 16 heavy (non-hydrogen) atoms. The average molecular weight is 228 g/mol. The number of unbranched alkanes of at least 4 members (excludes halogenated alkanes) is 1. The molecular weight excluding hydrogens is 200 g/mol. The van der Waals surface area contributed by atoms with Crippen LogP contribution in [0.25, 0.3) is 0 Å². The van der Waals surface area contributed by atoms with E-state index >= 15 is 0 Å². The molecule has 96 valence electrons. The Bertz CT molecular complexity index is 197. The molecule has 0 heterocycles. The van der Waals surface area contributed by atoms with Crippen LogP contribution in [0.15, 0.2) is 0 Å². The molecule has 0 spiro atoms. The van der Waals surface area contributed by atoms with E-state index in [2.05, 4.69) is 19.2 Å². The fourth-order valence-electron chi connectivity index (χ4n) is 1.68. The van der Waals surface area contributed by atoms with E-state index in [1.54, 1.807) is 0 Å². The van der Waals surface area contributed by atoms with Crippen LogP contribution in [0.1, 0.15) is 59.8 Å². The van der Waals surface area contributed by atoms with Crippen molar-refractivity contribution in [1.29, 1.82) is 0 Å². The standard InChI is InChI=1S/C13H28N2O/c1-5-7-8-11(6-2)10-15-12(16)9-13(3,4)14/h11H,5-10,14H2,1-4H3,(H,15,16). The van der Waals surface area contributed by atoms with Crippen LogP contribution in [-0.4, -0.2) is 18.0 Å². The van der Waals surface area contributed by atoms with Crippen molar-refractivity contribution in [2.45, 2.75) is 65.3 Å². The largest absolute Gasteiger partial charge is 0.356 e. The van der Waals surface area contributed by atoms with Crippen LogP contribution in [0, 0.1) is 5.92 Å². The molecule has 3 N–H and O–H groups in total. The highest BCUT2D eigenvalue weighted by atomic mass is 16.1. The average Bonchev–Trinajstić information content (AvgIpc) is 2.15. The first kappa shape index (κ1) is 15.4. The minimum absolute atomic E-state index is 0.0717. The molecule has 1 unspecified atom stereocenters. The molecule has 1 amide bonds. The summed E-state index contributed by atoms with van der Waals surface area (Å²) >= 11 is 0. The van der Waals surface area contributed by atoms with Gasteiger partial charge in [-0.05, 0) is 26.2 Å². The van der Waals surface area contributed by atoms with Crippen LogP contribution in [0.2, 0.25) is 0 Å². The highest BCUT2D eigenvalue weighted by Crippen LogP contribution is 2.11. The predicted molar refractivity (Wildman–Crippen MR) is 69.2 cm³/mol. The molecular formula is C13H28N2O. The first-order valence-electron chi connectivity index (χ1n) is 6.44. The zero-order valence-corrected chi connectivity index (χ0v) is 11.3. The van der Waals surface area contributed by atoms with Gasteiger partial charge >= 0.3 is 0 Å². The van der Waals surface area contributed by atoms with Gasteiger partial charge < -0.3 is 11.1 Å². The summed E-state index contributed by atoms with van der Waals surface area (Å²) < 4.78 is 0. The van der Waals surface area contributed by atoms with Gasteiger partial charge in [0.05, 0.1) is 0 Å². The van der Waals surface area contributed by atoms with Gasteiger partial charge in [-0.15, -0.1) is 0 Å². The summed E-state index contributed by atoms with van der Waals surface area (Å²) in [4.78, 5) is 11.6. The second kappa shape index (κ2) is 7.66. The van der Waals surface area contributed by atoms with Gasteiger partial charge in [0, 0.05) is 18.5 Å². The van der Waals surface area contributed by atoms with Gasteiger partial charge in [-0.3, -0.25) is 4.79 Å². The minimum Gasteiger partial charge on any atom is -0.356 e. The van der Waals surface area contributed by atoms with Gasteiger partial charge in [0.2, 0.25) is 5.91 Å². The molecule has 0 aromatic rings. The normalized spacial score (nSPS) is 13.6. The smallest absolute Gasteiger partial charge is 0.221 e. The van der Waals surface area contributed by atoms with E-state index in [9.17, 15) is 4.79 Å². The van der Waals surface area contributed by atoms with Crippen molar-refractivity contribution < 1.29 is 4.79 Å². The molecule has 3 heteroatoms. The van der Waals surface area contributed by atoms with Crippen molar-refractivity contribution in [3.63, 3.8) is 0 Å². The quantitative estimate of drug-likeness (QED) is 0.670. The summed E-state index contributed by atoms with van der Waals surface area (Å²) in [5.41, 5.74) is 5.39. The number of carbonyl (C=O) groups excluding carboxylic acids is 1. The van der Waals surface area contributed by atoms with E-state index in [-0.39, 0.29) is 5.91 Å². The summed E-state index contributed by atoms with van der Waals surface area (Å²) in [6.07, 6.45) is 5.21. The Hall–Kier alpha value is -0.570. The van der Waals surface area contributed by atoms with E-state index in [1.165, 1.54) is 19.3 Å². The molecule has 0 aromatic heterocycles. The van der Waals surface area contributed by atoms with Crippen LogP contribution >= 0.6 is 0 Å². The molecule has 0 bridgehead atoms. The highest BCUT2D eigenvalue weighted by Gasteiger charge is 2.16. The third kappa shape index (κ3) is 8.72.